The van der Waals surface area contributed by atoms with Gasteiger partial charge in [-0.15, -0.1) is 0 Å². The molecular weight excluding hydrogens is 267 g/mol. The Morgan fingerprint density at radius 2 is 1.89 bits per heavy atom. The third-order valence-electron chi connectivity index (χ3n) is 2.60. The zero-order valence-electron chi connectivity index (χ0n) is 10.3. The Labute approximate surface area is 111 Å². The van der Waals surface area contributed by atoms with E-state index in [-0.39, 0.29) is 17.1 Å². The van der Waals surface area contributed by atoms with Gasteiger partial charge in [-0.25, -0.2) is 17.5 Å². The van der Waals surface area contributed by atoms with Crippen LogP contribution in [0.5, 0.6) is 0 Å². The molecule has 0 spiro atoms. The van der Waals surface area contributed by atoms with E-state index < -0.39 is 15.8 Å². The molecule has 1 aromatic heterocycles. The van der Waals surface area contributed by atoms with Gasteiger partial charge in [-0.1, -0.05) is 17.7 Å². The van der Waals surface area contributed by atoms with Crippen molar-refractivity contribution in [3.05, 3.63) is 59.7 Å². The van der Waals surface area contributed by atoms with Crippen LogP contribution in [0.4, 0.5) is 4.39 Å². The molecule has 1 heterocycles. The standard InChI is InChI=1S/C13H13FN2O2S/c1-10-4-6-11(7-5-10)19(17,18)16-9-13-12(14)3-2-8-15-13/h2-8,16H,9H2,1H3. The van der Waals surface area contributed by atoms with Crippen LogP contribution in [0.15, 0.2) is 47.5 Å². The van der Waals surface area contributed by atoms with E-state index in [0.29, 0.717) is 0 Å². The molecule has 0 aliphatic heterocycles. The third kappa shape index (κ3) is 3.36. The number of sulfonamides is 1. The first-order valence-corrected chi connectivity index (χ1v) is 7.13. The first-order chi connectivity index (χ1) is 8.99. The highest BCUT2D eigenvalue weighted by Crippen LogP contribution is 2.11. The second-order valence-electron chi connectivity index (χ2n) is 4.07. The van der Waals surface area contributed by atoms with Crippen molar-refractivity contribution in [2.24, 2.45) is 0 Å². The number of aromatic nitrogens is 1. The zero-order valence-corrected chi connectivity index (χ0v) is 11.1. The van der Waals surface area contributed by atoms with E-state index >= 15 is 0 Å². The van der Waals surface area contributed by atoms with E-state index in [0.717, 1.165) is 5.56 Å². The minimum atomic E-state index is -3.65. The second-order valence-corrected chi connectivity index (χ2v) is 5.84. The average molecular weight is 280 g/mol. The first kappa shape index (κ1) is 13.6. The SMILES string of the molecule is Cc1ccc(S(=O)(=O)NCc2ncccc2F)cc1. The molecule has 2 aromatic rings. The summed E-state index contributed by atoms with van der Waals surface area (Å²) >= 11 is 0. The Bertz CT molecular complexity index is 669. The summed E-state index contributed by atoms with van der Waals surface area (Å²) in [5, 5.41) is 0. The number of nitrogens with one attached hydrogen (secondary N) is 1. The van der Waals surface area contributed by atoms with Crippen molar-refractivity contribution in [2.75, 3.05) is 0 Å². The topological polar surface area (TPSA) is 59.1 Å². The molecule has 0 amide bonds. The summed E-state index contributed by atoms with van der Waals surface area (Å²) in [5.41, 5.74) is 1.04. The number of hydrogen-bond acceptors (Lipinski definition) is 3. The lowest BCUT2D eigenvalue weighted by atomic mass is 10.2. The Morgan fingerprint density at radius 1 is 1.21 bits per heavy atom. The predicted octanol–water partition coefficient (Wildman–Crippen LogP) is 2.01. The van der Waals surface area contributed by atoms with Crippen LogP contribution in [0, 0.1) is 12.7 Å². The van der Waals surface area contributed by atoms with Crippen LogP contribution in [-0.2, 0) is 16.6 Å². The van der Waals surface area contributed by atoms with Crippen LogP contribution in [0.2, 0.25) is 0 Å². The van der Waals surface area contributed by atoms with E-state index in [4.69, 9.17) is 0 Å². The number of pyridine rings is 1. The van der Waals surface area contributed by atoms with Crippen molar-refractivity contribution in [3.63, 3.8) is 0 Å². The van der Waals surface area contributed by atoms with Crippen LogP contribution < -0.4 is 4.72 Å². The Morgan fingerprint density at radius 3 is 2.53 bits per heavy atom. The molecule has 0 radical (unpaired) electrons. The smallest absolute Gasteiger partial charge is 0.240 e. The molecule has 0 saturated heterocycles. The van der Waals surface area contributed by atoms with Crippen molar-refractivity contribution in [3.8, 4) is 0 Å². The number of hydrogen-bond donors (Lipinski definition) is 1. The first-order valence-electron chi connectivity index (χ1n) is 5.65. The Kier molecular flexibility index (Phi) is 3.92. The molecule has 0 aliphatic carbocycles. The van der Waals surface area contributed by atoms with Crippen molar-refractivity contribution >= 4 is 10.0 Å². The maximum absolute atomic E-state index is 13.3. The fraction of sp³-hybridized carbons (Fsp3) is 0.154. The molecule has 4 nitrogen and oxygen atoms in total. The van der Waals surface area contributed by atoms with Gasteiger partial charge in [0.1, 0.15) is 5.82 Å². The van der Waals surface area contributed by atoms with Gasteiger partial charge < -0.3 is 0 Å². The molecule has 0 fully saturated rings. The highest BCUT2D eigenvalue weighted by Gasteiger charge is 2.14. The molecule has 0 bridgehead atoms. The van der Waals surface area contributed by atoms with Crippen molar-refractivity contribution in [2.45, 2.75) is 18.4 Å². The normalized spacial score (nSPS) is 11.5. The van der Waals surface area contributed by atoms with Crippen molar-refractivity contribution < 1.29 is 12.8 Å². The second kappa shape index (κ2) is 5.46. The third-order valence-corrected chi connectivity index (χ3v) is 4.01. The highest BCUT2D eigenvalue weighted by molar-refractivity contribution is 7.89. The van der Waals surface area contributed by atoms with Gasteiger partial charge in [-0.3, -0.25) is 4.98 Å². The number of aryl methyl sites for hydroxylation is 1. The summed E-state index contributed by atoms with van der Waals surface area (Å²) in [6, 6.07) is 9.11. The van der Waals surface area contributed by atoms with Crippen LogP contribution in [0.3, 0.4) is 0 Å². The van der Waals surface area contributed by atoms with E-state index in [9.17, 15) is 12.8 Å². The van der Waals surface area contributed by atoms with E-state index in [1.165, 1.54) is 30.5 Å². The number of nitrogens with zero attached hydrogens (tertiary/aromatic N) is 1. The Hall–Kier alpha value is -1.79. The lowest BCUT2D eigenvalue weighted by molar-refractivity contribution is 0.569. The summed E-state index contributed by atoms with van der Waals surface area (Å²) in [4.78, 5) is 3.93. The fourth-order valence-corrected chi connectivity index (χ4v) is 2.50. The molecule has 19 heavy (non-hydrogen) atoms. The quantitative estimate of drug-likeness (QED) is 0.932. The highest BCUT2D eigenvalue weighted by atomic mass is 32.2. The monoisotopic (exact) mass is 280 g/mol. The van der Waals surface area contributed by atoms with Gasteiger partial charge in [-0.05, 0) is 31.2 Å². The number of benzene rings is 1. The maximum atomic E-state index is 13.3. The maximum Gasteiger partial charge on any atom is 0.240 e. The minimum absolute atomic E-state index is 0.0678. The van der Waals surface area contributed by atoms with E-state index in [1.54, 1.807) is 12.1 Å². The minimum Gasteiger partial charge on any atom is -0.257 e. The molecule has 0 aliphatic rings. The summed E-state index contributed by atoms with van der Waals surface area (Å²) in [6.07, 6.45) is 1.42. The van der Waals surface area contributed by atoms with Gasteiger partial charge in [0.15, 0.2) is 0 Å². The molecule has 1 N–H and O–H groups in total. The van der Waals surface area contributed by atoms with Gasteiger partial charge in [0.2, 0.25) is 10.0 Å². The number of rotatable bonds is 4. The molecular formula is C13H13FN2O2S. The lowest BCUT2D eigenvalue weighted by Gasteiger charge is -2.07. The summed E-state index contributed by atoms with van der Waals surface area (Å²) in [7, 11) is -3.65. The zero-order chi connectivity index (χ0) is 13.9. The Balaban J connectivity index is 2.14. The molecule has 6 heteroatoms. The predicted molar refractivity (Wildman–Crippen MR) is 69.4 cm³/mol. The van der Waals surface area contributed by atoms with Crippen LogP contribution in [0.1, 0.15) is 11.3 Å². The van der Waals surface area contributed by atoms with Gasteiger partial charge in [0.25, 0.3) is 0 Å². The summed E-state index contributed by atoms with van der Waals surface area (Å²) in [6.45, 7) is 1.69. The number of halogens is 1. The average Bonchev–Trinajstić information content (AvgIpc) is 2.38. The van der Waals surface area contributed by atoms with Crippen molar-refractivity contribution in [1.82, 2.24) is 9.71 Å². The largest absolute Gasteiger partial charge is 0.257 e. The summed E-state index contributed by atoms with van der Waals surface area (Å²) in [5.74, 6) is -0.533. The molecule has 0 saturated carbocycles. The van der Waals surface area contributed by atoms with Gasteiger partial charge in [-0.2, -0.15) is 0 Å². The molecule has 2 rings (SSSR count). The molecule has 0 atom stereocenters. The van der Waals surface area contributed by atoms with Gasteiger partial charge in [0.05, 0.1) is 17.1 Å². The molecule has 0 unspecified atom stereocenters. The molecule has 100 valence electrons. The summed E-state index contributed by atoms with van der Waals surface area (Å²) < 4.78 is 39.6. The fourth-order valence-electron chi connectivity index (χ4n) is 1.51. The lowest BCUT2D eigenvalue weighted by Crippen LogP contribution is -2.24. The van der Waals surface area contributed by atoms with Gasteiger partial charge >= 0.3 is 0 Å². The van der Waals surface area contributed by atoms with E-state index in [1.807, 2.05) is 6.92 Å². The van der Waals surface area contributed by atoms with Crippen LogP contribution in [-0.4, -0.2) is 13.4 Å². The van der Waals surface area contributed by atoms with Gasteiger partial charge in [0, 0.05) is 6.20 Å². The van der Waals surface area contributed by atoms with Crippen molar-refractivity contribution in [1.29, 1.82) is 0 Å². The van der Waals surface area contributed by atoms with E-state index in [2.05, 4.69) is 9.71 Å². The van der Waals surface area contributed by atoms with Crippen LogP contribution in [0.25, 0.3) is 0 Å². The molecule has 1 aromatic carbocycles. The van der Waals surface area contributed by atoms with Crippen LogP contribution >= 0.6 is 0 Å².